The lowest BCUT2D eigenvalue weighted by atomic mass is 10.1. The molecule has 0 saturated carbocycles. The minimum atomic E-state index is -4.50. The largest absolute Gasteiger partial charge is 0.452 e. The zero-order valence-corrected chi connectivity index (χ0v) is 8.41. The van der Waals surface area contributed by atoms with Crippen molar-refractivity contribution < 1.29 is 13.2 Å². The summed E-state index contributed by atoms with van der Waals surface area (Å²) in [4.78, 5) is 0. The van der Waals surface area contributed by atoms with Gasteiger partial charge < -0.3 is 0 Å². The van der Waals surface area contributed by atoms with E-state index in [-0.39, 0.29) is 5.65 Å². The van der Waals surface area contributed by atoms with E-state index in [9.17, 15) is 13.2 Å². The fraction of sp³-hybridized carbons (Fsp3) is 0.200. The number of fused-ring (bicyclic) bond motifs is 1. The molecule has 0 aliphatic rings. The van der Waals surface area contributed by atoms with Gasteiger partial charge >= 0.3 is 6.18 Å². The molecule has 84 valence electrons. The Balaban J connectivity index is 2.77. The second kappa shape index (κ2) is 3.33. The minimum absolute atomic E-state index is 0.199. The lowest BCUT2D eigenvalue weighted by Gasteiger charge is -2.05. The van der Waals surface area contributed by atoms with Crippen molar-refractivity contribution >= 4 is 11.7 Å². The average molecular weight is 227 g/mol. The van der Waals surface area contributed by atoms with Crippen molar-refractivity contribution in [2.24, 2.45) is 0 Å². The number of aromatic nitrogens is 3. The standard InChI is InChI=1S/C10H8F3N3/c1-3-7-4-5-16-8(6(7)2)14-15-9(16)10(11,12)13/h3-5H,1H2,2H3. The number of rotatable bonds is 1. The van der Waals surface area contributed by atoms with Crippen LogP contribution < -0.4 is 0 Å². The van der Waals surface area contributed by atoms with Crippen LogP contribution in [0.1, 0.15) is 17.0 Å². The molecule has 0 N–H and O–H groups in total. The highest BCUT2D eigenvalue weighted by molar-refractivity contribution is 5.61. The van der Waals surface area contributed by atoms with E-state index < -0.39 is 12.0 Å². The van der Waals surface area contributed by atoms with Gasteiger partial charge in [0.25, 0.3) is 0 Å². The third kappa shape index (κ3) is 1.46. The van der Waals surface area contributed by atoms with Crippen LogP contribution in [-0.2, 0) is 6.18 Å². The molecule has 16 heavy (non-hydrogen) atoms. The molecule has 3 nitrogen and oxygen atoms in total. The van der Waals surface area contributed by atoms with E-state index in [2.05, 4.69) is 16.8 Å². The molecule has 0 aromatic carbocycles. The first kappa shape index (κ1) is 10.7. The highest BCUT2D eigenvalue weighted by atomic mass is 19.4. The number of alkyl halides is 3. The predicted octanol–water partition coefficient (Wildman–Crippen LogP) is 2.70. The van der Waals surface area contributed by atoms with Crippen molar-refractivity contribution in [2.75, 3.05) is 0 Å². The predicted molar refractivity (Wildman–Crippen MR) is 52.8 cm³/mol. The van der Waals surface area contributed by atoms with Crippen LogP contribution in [0.25, 0.3) is 11.7 Å². The lowest BCUT2D eigenvalue weighted by molar-refractivity contribution is -0.145. The van der Waals surface area contributed by atoms with Gasteiger partial charge in [-0.05, 0) is 18.6 Å². The van der Waals surface area contributed by atoms with Gasteiger partial charge in [-0.15, -0.1) is 10.2 Å². The van der Waals surface area contributed by atoms with Crippen molar-refractivity contribution in [3.63, 3.8) is 0 Å². The van der Waals surface area contributed by atoms with E-state index in [0.717, 1.165) is 9.96 Å². The van der Waals surface area contributed by atoms with Gasteiger partial charge in [-0.25, -0.2) is 0 Å². The van der Waals surface area contributed by atoms with E-state index in [1.165, 1.54) is 6.20 Å². The normalized spacial score (nSPS) is 12.0. The maximum Gasteiger partial charge on any atom is 0.452 e. The highest BCUT2D eigenvalue weighted by Crippen LogP contribution is 2.28. The first-order chi connectivity index (χ1) is 7.45. The summed E-state index contributed by atoms with van der Waals surface area (Å²) in [5, 5.41) is 6.69. The van der Waals surface area contributed by atoms with Crippen LogP contribution in [0, 0.1) is 6.92 Å². The Morgan fingerprint density at radius 3 is 2.62 bits per heavy atom. The van der Waals surface area contributed by atoms with Crippen LogP contribution in [-0.4, -0.2) is 14.6 Å². The Labute approximate surface area is 89.2 Å². The second-order valence-corrected chi connectivity index (χ2v) is 3.32. The molecule has 0 bridgehead atoms. The zero-order chi connectivity index (χ0) is 11.9. The second-order valence-electron chi connectivity index (χ2n) is 3.32. The third-order valence-electron chi connectivity index (χ3n) is 2.34. The monoisotopic (exact) mass is 227 g/mol. The lowest BCUT2D eigenvalue weighted by Crippen LogP contribution is -2.10. The van der Waals surface area contributed by atoms with Crippen molar-refractivity contribution in [1.82, 2.24) is 14.6 Å². The van der Waals surface area contributed by atoms with Gasteiger partial charge in [0.05, 0.1) is 0 Å². The molecule has 2 aromatic heterocycles. The molecule has 0 saturated heterocycles. The number of hydrogen-bond acceptors (Lipinski definition) is 2. The molecule has 2 aromatic rings. The Bertz CT molecular complexity index is 554. The maximum absolute atomic E-state index is 12.5. The van der Waals surface area contributed by atoms with Crippen molar-refractivity contribution in [3.05, 3.63) is 35.8 Å². The Hall–Kier alpha value is -1.85. The van der Waals surface area contributed by atoms with E-state index in [4.69, 9.17) is 0 Å². The van der Waals surface area contributed by atoms with Crippen molar-refractivity contribution in [1.29, 1.82) is 0 Å². The first-order valence-electron chi connectivity index (χ1n) is 4.49. The summed E-state index contributed by atoms with van der Waals surface area (Å²) in [6, 6.07) is 1.55. The molecule has 0 amide bonds. The first-order valence-corrected chi connectivity index (χ1v) is 4.49. The van der Waals surface area contributed by atoms with Crippen LogP contribution in [0.15, 0.2) is 18.8 Å². The van der Waals surface area contributed by atoms with Gasteiger partial charge in [0.15, 0.2) is 5.65 Å². The van der Waals surface area contributed by atoms with Gasteiger partial charge in [-0.1, -0.05) is 12.7 Å². The van der Waals surface area contributed by atoms with E-state index in [1.807, 2.05) is 0 Å². The molecular formula is C10H8F3N3. The molecule has 0 atom stereocenters. The summed E-state index contributed by atoms with van der Waals surface area (Å²) in [5.41, 5.74) is 1.57. The van der Waals surface area contributed by atoms with Crippen molar-refractivity contribution in [3.8, 4) is 0 Å². The van der Waals surface area contributed by atoms with E-state index in [1.54, 1.807) is 19.1 Å². The van der Waals surface area contributed by atoms with Gasteiger partial charge in [0.1, 0.15) is 0 Å². The molecule has 0 radical (unpaired) electrons. The van der Waals surface area contributed by atoms with E-state index in [0.29, 0.717) is 5.56 Å². The van der Waals surface area contributed by atoms with Gasteiger partial charge in [0.2, 0.25) is 5.82 Å². The van der Waals surface area contributed by atoms with Gasteiger partial charge in [-0.3, -0.25) is 4.40 Å². The van der Waals surface area contributed by atoms with E-state index >= 15 is 0 Å². The molecule has 0 fully saturated rings. The smallest absolute Gasteiger partial charge is 0.279 e. The minimum Gasteiger partial charge on any atom is -0.279 e. The van der Waals surface area contributed by atoms with Gasteiger partial charge in [-0.2, -0.15) is 13.2 Å². The summed E-state index contributed by atoms with van der Waals surface area (Å²) in [5.74, 6) is -1.01. The summed E-state index contributed by atoms with van der Waals surface area (Å²) >= 11 is 0. The Kier molecular flexibility index (Phi) is 2.22. The molecule has 0 aliphatic carbocycles. The SMILES string of the molecule is C=Cc1ccn2c(C(F)(F)F)nnc2c1C. The average Bonchev–Trinajstić information content (AvgIpc) is 2.62. The number of pyridine rings is 1. The topological polar surface area (TPSA) is 30.2 Å². The molecule has 6 heteroatoms. The Morgan fingerprint density at radius 2 is 2.06 bits per heavy atom. The molecule has 0 spiro atoms. The summed E-state index contributed by atoms with van der Waals surface area (Å²) in [6.45, 7) is 5.26. The van der Waals surface area contributed by atoms with Crippen LogP contribution in [0.3, 0.4) is 0 Å². The maximum atomic E-state index is 12.5. The fourth-order valence-electron chi connectivity index (χ4n) is 1.51. The number of hydrogen-bond donors (Lipinski definition) is 0. The summed E-state index contributed by atoms with van der Waals surface area (Å²) in [6.07, 6.45) is -1.64. The quantitative estimate of drug-likeness (QED) is 0.749. The van der Waals surface area contributed by atoms with Crippen LogP contribution >= 0.6 is 0 Å². The number of halogens is 3. The van der Waals surface area contributed by atoms with Gasteiger partial charge in [0, 0.05) is 11.8 Å². The molecule has 0 aliphatic heterocycles. The van der Waals surface area contributed by atoms with Crippen LogP contribution in [0.2, 0.25) is 0 Å². The molecule has 2 heterocycles. The highest BCUT2D eigenvalue weighted by Gasteiger charge is 2.37. The van der Waals surface area contributed by atoms with Crippen molar-refractivity contribution in [2.45, 2.75) is 13.1 Å². The summed E-state index contributed by atoms with van der Waals surface area (Å²) < 4.78 is 38.5. The fourth-order valence-corrected chi connectivity index (χ4v) is 1.51. The molecule has 0 unspecified atom stereocenters. The van der Waals surface area contributed by atoms with Crippen LogP contribution in [0.4, 0.5) is 13.2 Å². The molecule has 2 rings (SSSR count). The number of nitrogens with zero attached hydrogens (tertiary/aromatic N) is 3. The Morgan fingerprint density at radius 1 is 1.38 bits per heavy atom. The third-order valence-corrected chi connectivity index (χ3v) is 2.34. The summed E-state index contributed by atoms with van der Waals surface area (Å²) in [7, 11) is 0. The van der Waals surface area contributed by atoms with Crippen LogP contribution in [0.5, 0.6) is 0 Å². The zero-order valence-electron chi connectivity index (χ0n) is 8.41. The number of aryl methyl sites for hydroxylation is 1. The molecular weight excluding hydrogens is 219 g/mol.